The Kier molecular flexibility index (Phi) is 2.48. The number of benzene rings is 1. The van der Waals surface area contributed by atoms with Crippen LogP contribution in [0, 0.1) is 12.7 Å². The van der Waals surface area contributed by atoms with E-state index in [1.807, 2.05) is 0 Å². The highest BCUT2D eigenvalue weighted by Crippen LogP contribution is 2.27. The summed E-state index contributed by atoms with van der Waals surface area (Å²) in [7, 11) is 1.73. The fourth-order valence-electron chi connectivity index (χ4n) is 2.09. The number of furan rings is 1. The number of nitrogens with zero attached hydrogens (tertiary/aromatic N) is 2. The minimum Gasteiger partial charge on any atom is -0.452 e. The van der Waals surface area contributed by atoms with Crippen LogP contribution < -0.4 is 0 Å². The van der Waals surface area contributed by atoms with E-state index in [1.54, 1.807) is 30.9 Å². The zero-order valence-electron chi connectivity index (χ0n) is 10.5. The highest BCUT2D eigenvalue weighted by Gasteiger charge is 2.20. The first kappa shape index (κ1) is 11.6. The van der Waals surface area contributed by atoms with Crippen LogP contribution in [-0.2, 0) is 7.05 Å². The van der Waals surface area contributed by atoms with Crippen LogP contribution >= 0.6 is 0 Å². The van der Waals surface area contributed by atoms with E-state index in [-0.39, 0.29) is 17.4 Å². The predicted molar refractivity (Wildman–Crippen MR) is 67.5 cm³/mol. The predicted octanol–water partition coefficient (Wildman–Crippen LogP) is 2.84. The second-order valence-corrected chi connectivity index (χ2v) is 4.43. The number of hydrogen-bond donors (Lipinski definition) is 0. The molecule has 0 unspecified atom stereocenters. The maximum absolute atomic E-state index is 13.1. The molecule has 0 spiro atoms. The van der Waals surface area contributed by atoms with Crippen molar-refractivity contribution in [3.8, 4) is 0 Å². The van der Waals surface area contributed by atoms with Crippen LogP contribution in [0.5, 0.6) is 0 Å². The van der Waals surface area contributed by atoms with Crippen LogP contribution in [0.25, 0.3) is 11.0 Å². The van der Waals surface area contributed by atoms with Crippen LogP contribution in [0.15, 0.2) is 35.0 Å². The van der Waals surface area contributed by atoms with Gasteiger partial charge in [-0.3, -0.25) is 9.48 Å². The van der Waals surface area contributed by atoms with Gasteiger partial charge in [0.2, 0.25) is 5.78 Å². The lowest BCUT2D eigenvalue weighted by Gasteiger charge is -1.94. The Balaban J connectivity index is 2.15. The molecule has 0 aliphatic carbocycles. The Hall–Kier alpha value is -2.43. The Morgan fingerprint density at radius 1 is 1.42 bits per heavy atom. The van der Waals surface area contributed by atoms with Crippen molar-refractivity contribution in [3.63, 3.8) is 0 Å². The summed E-state index contributed by atoms with van der Waals surface area (Å²) in [4.78, 5) is 12.3. The first-order valence-electron chi connectivity index (χ1n) is 5.78. The molecule has 2 aromatic heterocycles. The molecular weight excluding hydrogens is 247 g/mol. The number of ketones is 1. The third-order valence-corrected chi connectivity index (χ3v) is 3.07. The topological polar surface area (TPSA) is 48.0 Å². The normalized spacial score (nSPS) is 11.1. The molecule has 4 nitrogen and oxygen atoms in total. The van der Waals surface area contributed by atoms with Crippen molar-refractivity contribution in [2.45, 2.75) is 6.92 Å². The molecule has 0 fully saturated rings. The Morgan fingerprint density at radius 3 is 2.89 bits per heavy atom. The van der Waals surface area contributed by atoms with Crippen LogP contribution in [0.2, 0.25) is 0 Å². The molecule has 1 aromatic carbocycles. The summed E-state index contributed by atoms with van der Waals surface area (Å²) in [6.07, 6.45) is 3.10. The Bertz CT molecular complexity index is 786. The maximum atomic E-state index is 13.1. The molecule has 0 saturated heterocycles. The average molecular weight is 258 g/mol. The Labute approximate surface area is 108 Å². The molecule has 0 N–H and O–H groups in total. The van der Waals surface area contributed by atoms with Crippen molar-refractivity contribution in [2.75, 3.05) is 0 Å². The van der Waals surface area contributed by atoms with Gasteiger partial charge in [0, 0.05) is 30.3 Å². The minimum absolute atomic E-state index is 0.230. The van der Waals surface area contributed by atoms with Gasteiger partial charge in [-0.15, -0.1) is 0 Å². The minimum atomic E-state index is -0.387. The highest BCUT2D eigenvalue weighted by molar-refractivity contribution is 6.10. The molecule has 3 aromatic rings. The average Bonchev–Trinajstić information content (AvgIpc) is 2.93. The van der Waals surface area contributed by atoms with Gasteiger partial charge in [0.1, 0.15) is 11.4 Å². The van der Waals surface area contributed by atoms with Gasteiger partial charge in [-0.25, -0.2) is 4.39 Å². The summed E-state index contributed by atoms with van der Waals surface area (Å²) >= 11 is 0. The third kappa shape index (κ3) is 1.83. The van der Waals surface area contributed by atoms with Gasteiger partial charge in [-0.1, -0.05) is 0 Å². The van der Waals surface area contributed by atoms with E-state index in [9.17, 15) is 9.18 Å². The fourth-order valence-corrected chi connectivity index (χ4v) is 2.09. The summed E-state index contributed by atoms with van der Waals surface area (Å²) < 4.78 is 20.2. The lowest BCUT2D eigenvalue weighted by Crippen LogP contribution is -2.00. The van der Waals surface area contributed by atoms with E-state index in [0.29, 0.717) is 16.7 Å². The number of aryl methyl sites for hydroxylation is 2. The molecule has 3 rings (SSSR count). The number of halogens is 1. The van der Waals surface area contributed by atoms with Gasteiger partial charge in [-0.05, 0) is 19.1 Å². The zero-order chi connectivity index (χ0) is 13.6. The maximum Gasteiger partial charge on any atom is 0.231 e. The van der Waals surface area contributed by atoms with E-state index in [4.69, 9.17) is 4.42 Å². The lowest BCUT2D eigenvalue weighted by atomic mass is 10.1. The van der Waals surface area contributed by atoms with Crippen molar-refractivity contribution in [1.29, 1.82) is 0 Å². The van der Waals surface area contributed by atoms with Crippen molar-refractivity contribution in [2.24, 2.45) is 7.05 Å². The third-order valence-electron chi connectivity index (χ3n) is 3.07. The molecule has 0 saturated carbocycles. The Morgan fingerprint density at radius 2 is 2.21 bits per heavy atom. The van der Waals surface area contributed by atoms with Crippen LogP contribution in [0.3, 0.4) is 0 Å². The number of hydrogen-bond acceptors (Lipinski definition) is 3. The quantitative estimate of drug-likeness (QED) is 0.664. The van der Waals surface area contributed by atoms with E-state index in [0.717, 1.165) is 5.39 Å². The molecular formula is C14H11FN2O2. The molecule has 0 bridgehead atoms. The summed E-state index contributed by atoms with van der Waals surface area (Å²) in [5.74, 6) is -0.405. The molecule has 19 heavy (non-hydrogen) atoms. The number of fused-ring (bicyclic) bond motifs is 1. The van der Waals surface area contributed by atoms with Gasteiger partial charge in [0.05, 0.1) is 11.8 Å². The first-order valence-corrected chi connectivity index (χ1v) is 5.78. The molecule has 96 valence electrons. The summed E-state index contributed by atoms with van der Waals surface area (Å²) in [5, 5.41) is 4.70. The monoisotopic (exact) mass is 258 g/mol. The number of aromatic nitrogens is 2. The van der Waals surface area contributed by atoms with Gasteiger partial charge in [0.15, 0.2) is 5.76 Å². The second kappa shape index (κ2) is 4.05. The van der Waals surface area contributed by atoms with Crippen LogP contribution in [0.4, 0.5) is 4.39 Å². The van der Waals surface area contributed by atoms with Gasteiger partial charge >= 0.3 is 0 Å². The van der Waals surface area contributed by atoms with E-state index in [2.05, 4.69) is 5.10 Å². The lowest BCUT2D eigenvalue weighted by molar-refractivity contribution is 0.101. The second-order valence-electron chi connectivity index (χ2n) is 4.43. The molecule has 0 atom stereocenters. The van der Waals surface area contributed by atoms with Crippen molar-refractivity contribution >= 4 is 16.8 Å². The zero-order valence-corrected chi connectivity index (χ0v) is 10.5. The summed E-state index contributed by atoms with van der Waals surface area (Å²) in [6.45, 7) is 1.79. The number of rotatable bonds is 2. The van der Waals surface area contributed by atoms with Crippen LogP contribution in [0.1, 0.15) is 21.7 Å². The van der Waals surface area contributed by atoms with E-state index in [1.165, 1.54) is 18.3 Å². The van der Waals surface area contributed by atoms with Crippen molar-refractivity contribution < 1.29 is 13.6 Å². The highest BCUT2D eigenvalue weighted by atomic mass is 19.1. The molecule has 0 aliphatic heterocycles. The molecule has 0 aliphatic rings. The van der Waals surface area contributed by atoms with Crippen molar-refractivity contribution in [1.82, 2.24) is 9.78 Å². The standard InChI is InChI=1S/C14H11FN2O2/c1-8-11-4-3-10(15)5-12(11)19-14(8)13(18)9-6-16-17(2)7-9/h3-7H,1-2H3. The van der Waals surface area contributed by atoms with Crippen molar-refractivity contribution in [3.05, 3.63) is 53.3 Å². The largest absolute Gasteiger partial charge is 0.452 e. The summed E-state index contributed by atoms with van der Waals surface area (Å²) in [6, 6.07) is 4.25. The van der Waals surface area contributed by atoms with E-state index < -0.39 is 0 Å². The molecule has 0 radical (unpaired) electrons. The van der Waals surface area contributed by atoms with Gasteiger partial charge in [-0.2, -0.15) is 5.10 Å². The van der Waals surface area contributed by atoms with Gasteiger partial charge in [0.25, 0.3) is 0 Å². The van der Waals surface area contributed by atoms with Gasteiger partial charge < -0.3 is 4.42 Å². The molecule has 5 heteroatoms. The van der Waals surface area contributed by atoms with E-state index >= 15 is 0 Å². The molecule has 2 heterocycles. The first-order chi connectivity index (χ1) is 9.06. The SMILES string of the molecule is Cc1c(C(=O)c2cnn(C)c2)oc2cc(F)ccc12. The smallest absolute Gasteiger partial charge is 0.231 e. The van der Waals surface area contributed by atoms with Crippen LogP contribution in [-0.4, -0.2) is 15.6 Å². The molecule has 0 amide bonds. The number of carbonyl (C=O) groups excluding carboxylic acids is 1. The summed E-state index contributed by atoms with van der Waals surface area (Å²) in [5.41, 5.74) is 1.54. The number of carbonyl (C=O) groups is 1. The fraction of sp³-hybridized carbons (Fsp3) is 0.143.